The minimum absolute atomic E-state index is 0.124. The van der Waals surface area contributed by atoms with Crippen molar-refractivity contribution >= 4 is 10.0 Å². The molecule has 6 heteroatoms. The van der Waals surface area contributed by atoms with Gasteiger partial charge in [-0.05, 0) is 35.4 Å². The van der Waals surface area contributed by atoms with E-state index in [9.17, 15) is 8.42 Å². The van der Waals surface area contributed by atoms with Gasteiger partial charge < -0.3 is 9.47 Å². The third kappa shape index (κ3) is 4.07. The molecule has 117 valence electrons. The number of rotatable bonds is 7. The lowest BCUT2D eigenvalue weighted by Crippen LogP contribution is -2.20. The van der Waals surface area contributed by atoms with Crippen LogP contribution in [0.15, 0.2) is 53.4 Å². The summed E-state index contributed by atoms with van der Waals surface area (Å²) in [6.45, 7) is 0.405. The van der Waals surface area contributed by atoms with Crippen LogP contribution in [0.4, 0.5) is 0 Å². The highest BCUT2D eigenvalue weighted by atomic mass is 32.2. The lowest BCUT2D eigenvalue weighted by molar-refractivity contribution is 0.204. The number of benzene rings is 2. The van der Waals surface area contributed by atoms with Gasteiger partial charge in [-0.3, -0.25) is 0 Å². The van der Waals surface area contributed by atoms with Crippen molar-refractivity contribution < 1.29 is 17.9 Å². The van der Waals surface area contributed by atoms with Gasteiger partial charge in [0, 0.05) is 7.11 Å². The largest absolute Gasteiger partial charge is 0.497 e. The Morgan fingerprint density at radius 3 is 1.95 bits per heavy atom. The molecule has 0 N–H and O–H groups in total. The van der Waals surface area contributed by atoms with Crippen LogP contribution < -0.4 is 9.46 Å². The van der Waals surface area contributed by atoms with Gasteiger partial charge in [0.1, 0.15) is 5.75 Å². The Kier molecular flexibility index (Phi) is 5.54. The van der Waals surface area contributed by atoms with Gasteiger partial charge in [-0.1, -0.05) is 24.3 Å². The number of nitrogens with zero attached hydrogens (tertiary/aromatic N) is 1. The third-order valence-electron chi connectivity index (χ3n) is 3.13. The molecule has 2 aromatic rings. The van der Waals surface area contributed by atoms with Crippen molar-refractivity contribution in [3.05, 3.63) is 48.5 Å². The molecule has 0 aliphatic heterocycles. The van der Waals surface area contributed by atoms with E-state index in [0.717, 1.165) is 16.9 Å². The standard InChI is InChI=1S/C16H18NO4S/c1-20-12-11-17-22(18,19)16-9-5-14(6-10-16)13-3-7-15(21-2)8-4-13/h3-10H,11-12H2,1-2H3. The monoisotopic (exact) mass is 320 g/mol. The van der Waals surface area contributed by atoms with E-state index in [0.29, 0.717) is 0 Å². The van der Waals surface area contributed by atoms with Gasteiger partial charge in [0.2, 0.25) is 0 Å². The fourth-order valence-electron chi connectivity index (χ4n) is 1.93. The Labute approximate surface area is 130 Å². The van der Waals surface area contributed by atoms with E-state index in [1.165, 1.54) is 7.11 Å². The van der Waals surface area contributed by atoms with Crippen LogP contribution in [0.2, 0.25) is 0 Å². The molecular formula is C16H18NO4S. The van der Waals surface area contributed by atoms with E-state index in [1.807, 2.05) is 24.3 Å². The van der Waals surface area contributed by atoms with Gasteiger partial charge in [-0.25, -0.2) is 8.42 Å². The van der Waals surface area contributed by atoms with E-state index in [4.69, 9.17) is 9.47 Å². The summed E-state index contributed by atoms with van der Waals surface area (Å²) in [6, 6.07) is 14.2. The fraction of sp³-hybridized carbons (Fsp3) is 0.250. The van der Waals surface area contributed by atoms with E-state index >= 15 is 0 Å². The number of methoxy groups -OCH3 is 2. The highest BCUT2D eigenvalue weighted by Crippen LogP contribution is 2.23. The minimum Gasteiger partial charge on any atom is -0.497 e. The maximum atomic E-state index is 12.0. The van der Waals surface area contributed by atoms with Crippen LogP contribution in [0.5, 0.6) is 5.75 Å². The number of sulfonamides is 1. The van der Waals surface area contributed by atoms with Gasteiger partial charge in [-0.2, -0.15) is 0 Å². The minimum atomic E-state index is -3.62. The third-order valence-corrected chi connectivity index (χ3v) is 4.52. The van der Waals surface area contributed by atoms with E-state index < -0.39 is 10.0 Å². The maximum absolute atomic E-state index is 12.0. The average Bonchev–Trinajstić information content (AvgIpc) is 2.55. The molecule has 0 bridgehead atoms. The summed E-state index contributed by atoms with van der Waals surface area (Å²) >= 11 is 0. The highest BCUT2D eigenvalue weighted by molar-refractivity contribution is 7.89. The molecule has 0 atom stereocenters. The second-order valence-electron chi connectivity index (χ2n) is 4.57. The lowest BCUT2D eigenvalue weighted by Gasteiger charge is -2.07. The fourth-order valence-corrected chi connectivity index (χ4v) is 2.87. The number of hydrogen-bond acceptors (Lipinski definition) is 4. The van der Waals surface area contributed by atoms with Crippen LogP contribution in [-0.4, -0.2) is 35.8 Å². The van der Waals surface area contributed by atoms with Crippen LogP contribution in [0, 0.1) is 0 Å². The van der Waals surface area contributed by atoms with E-state index in [1.54, 1.807) is 31.4 Å². The second kappa shape index (κ2) is 7.40. The molecule has 0 amide bonds. The quantitative estimate of drug-likeness (QED) is 0.734. The van der Waals surface area contributed by atoms with Gasteiger partial charge in [0.05, 0.1) is 25.2 Å². The number of ether oxygens (including phenoxy) is 2. The van der Waals surface area contributed by atoms with Crippen molar-refractivity contribution in [3.8, 4) is 16.9 Å². The Morgan fingerprint density at radius 1 is 0.909 bits per heavy atom. The molecular weight excluding hydrogens is 302 g/mol. The molecule has 0 fully saturated rings. The summed E-state index contributed by atoms with van der Waals surface area (Å²) in [6.07, 6.45) is 0. The Hall–Kier alpha value is -1.89. The molecule has 2 rings (SSSR count). The van der Waals surface area contributed by atoms with Crippen LogP contribution >= 0.6 is 0 Å². The second-order valence-corrected chi connectivity index (χ2v) is 6.25. The zero-order valence-electron chi connectivity index (χ0n) is 12.5. The van der Waals surface area contributed by atoms with Crippen LogP contribution in [0.3, 0.4) is 0 Å². The van der Waals surface area contributed by atoms with Gasteiger partial charge in [0.25, 0.3) is 10.0 Å². The molecule has 0 unspecified atom stereocenters. The summed E-state index contributed by atoms with van der Waals surface area (Å²) in [4.78, 5) is 0.181. The van der Waals surface area contributed by atoms with Crippen LogP contribution in [0.25, 0.3) is 11.1 Å². The summed E-state index contributed by atoms with van der Waals surface area (Å²) in [5.74, 6) is 0.778. The average molecular weight is 320 g/mol. The molecule has 0 spiro atoms. The first-order chi connectivity index (χ1) is 10.6. The Morgan fingerprint density at radius 2 is 1.45 bits per heavy atom. The van der Waals surface area contributed by atoms with E-state index in [2.05, 4.69) is 4.72 Å². The normalized spacial score (nSPS) is 11.4. The van der Waals surface area contributed by atoms with Crippen molar-refractivity contribution in [3.63, 3.8) is 0 Å². The molecule has 22 heavy (non-hydrogen) atoms. The first-order valence-corrected chi connectivity index (χ1v) is 8.18. The summed E-state index contributed by atoms with van der Waals surface area (Å²) in [5.41, 5.74) is 1.92. The zero-order chi connectivity index (χ0) is 16.0. The highest BCUT2D eigenvalue weighted by Gasteiger charge is 2.14. The molecule has 0 heterocycles. The maximum Gasteiger partial charge on any atom is 0.256 e. The lowest BCUT2D eigenvalue weighted by atomic mass is 10.1. The van der Waals surface area contributed by atoms with Gasteiger partial charge >= 0.3 is 0 Å². The van der Waals surface area contributed by atoms with Crippen molar-refractivity contribution in [2.75, 3.05) is 27.4 Å². The van der Waals surface area contributed by atoms with Crippen molar-refractivity contribution in [1.82, 2.24) is 4.72 Å². The first-order valence-electron chi connectivity index (χ1n) is 6.74. The summed E-state index contributed by atoms with van der Waals surface area (Å²) in [5, 5.41) is 0. The molecule has 0 aliphatic carbocycles. The number of hydrogen-bond donors (Lipinski definition) is 0. The van der Waals surface area contributed by atoms with Gasteiger partial charge in [0.15, 0.2) is 0 Å². The van der Waals surface area contributed by atoms with Crippen molar-refractivity contribution in [2.24, 2.45) is 0 Å². The van der Waals surface area contributed by atoms with Gasteiger partial charge in [-0.15, -0.1) is 4.72 Å². The molecule has 0 aromatic heterocycles. The molecule has 0 saturated carbocycles. The first kappa shape index (κ1) is 16.5. The summed E-state index contributed by atoms with van der Waals surface area (Å²) < 4.78 is 37.6. The predicted molar refractivity (Wildman–Crippen MR) is 84.5 cm³/mol. The topological polar surface area (TPSA) is 66.7 Å². The molecule has 1 radical (unpaired) electrons. The predicted octanol–water partition coefficient (Wildman–Crippen LogP) is 2.30. The molecule has 5 nitrogen and oxygen atoms in total. The molecule has 0 aliphatic rings. The zero-order valence-corrected chi connectivity index (χ0v) is 13.3. The molecule has 0 saturated heterocycles. The smallest absolute Gasteiger partial charge is 0.256 e. The van der Waals surface area contributed by atoms with E-state index in [-0.39, 0.29) is 18.0 Å². The van der Waals surface area contributed by atoms with Crippen molar-refractivity contribution in [1.29, 1.82) is 0 Å². The van der Waals surface area contributed by atoms with Crippen molar-refractivity contribution in [2.45, 2.75) is 4.90 Å². The Bertz CT molecular complexity index is 694. The van der Waals surface area contributed by atoms with Crippen LogP contribution in [-0.2, 0) is 14.8 Å². The molecule has 2 aromatic carbocycles. The van der Waals surface area contributed by atoms with Crippen LogP contribution in [0.1, 0.15) is 0 Å². The summed E-state index contributed by atoms with van der Waals surface area (Å²) in [7, 11) is -0.499. The SMILES string of the molecule is COCC[N]S(=O)(=O)c1ccc(-c2ccc(OC)cc2)cc1. The Balaban J connectivity index is 2.15.